The van der Waals surface area contributed by atoms with E-state index in [0.29, 0.717) is 4.34 Å². The van der Waals surface area contributed by atoms with E-state index >= 15 is 0 Å². The van der Waals surface area contributed by atoms with Gasteiger partial charge in [-0.1, -0.05) is 11.6 Å². The maximum Gasteiger partial charge on any atom is 0.252 e. The Bertz CT molecular complexity index is 699. The molecule has 1 aromatic heterocycles. The van der Waals surface area contributed by atoms with Crippen LogP contribution in [0.1, 0.15) is 19.3 Å². The SMILES string of the molecule is CN(CC(=O)NCCC(=O)N1CCCC1)S(=O)(=O)c1ccc(Cl)s1. The van der Waals surface area contributed by atoms with Gasteiger partial charge in [0.25, 0.3) is 10.0 Å². The average Bonchev–Trinajstić information content (AvgIpc) is 3.18. The molecule has 10 heteroatoms. The standard InChI is InChI=1S/C14H20ClN3O4S2/c1-17(24(21,22)14-5-4-11(15)23-14)10-12(19)16-7-6-13(20)18-8-2-3-9-18/h4-5H,2-3,6-10H2,1H3,(H,16,19). The molecule has 0 aromatic carbocycles. The Morgan fingerprint density at radius 1 is 1.33 bits per heavy atom. The Balaban J connectivity index is 1.78. The lowest BCUT2D eigenvalue weighted by atomic mass is 10.3. The first-order chi connectivity index (χ1) is 11.3. The van der Waals surface area contributed by atoms with Crippen LogP contribution in [0.2, 0.25) is 4.34 Å². The molecule has 1 aliphatic rings. The average molecular weight is 394 g/mol. The van der Waals surface area contributed by atoms with Crippen LogP contribution >= 0.6 is 22.9 Å². The van der Waals surface area contributed by atoms with Crippen LogP contribution in [0.3, 0.4) is 0 Å². The van der Waals surface area contributed by atoms with Crippen molar-refractivity contribution < 1.29 is 18.0 Å². The molecular weight excluding hydrogens is 374 g/mol. The van der Waals surface area contributed by atoms with Crippen molar-refractivity contribution in [3.05, 3.63) is 16.5 Å². The summed E-state index contributed by atoms with van der Waals surface area (Å²) < 4.78 is 26.0. The van der Waals surface area contributed by atoms with Gasteiger partial charge in [0.2, 0.25) is 11.8 Å². The van der Waals surface area contributed by atoms with Gasteiger partial charge in [-0.05, 0) is 25.0 Å². The Kier molecular flexibility index (Phi) is 6.62. The van der Waals surface area contributed by atoms with Crippen LogP contribution < -0.4 is 5.32 Å². The number of nitrogens with zero attached hydrogens (tertiary/aromatic N) is 2. The number of hydrogen-bond donors (Lipinski definition) is 1. The van der Waals surface area contributed by atoms with E-state index in [9.17, 15) is 18.0 Å². The largest absolute Gasteiger partial charge is 0.354 e. The number of thiophene rings is 1. The second kappa shape index (κ2) is 8.28. The maximum atomic E-state index is 12.3. The molecule has 1 fully saturated rings. The van der Waals surface area contributed by atoms with Crippen molar-refractivity contribution in [1.82, 2.24) is 14.5 Å². The van der Waals surface area contributed by atoms with Gasteiger partial charge in [-0.25, -0.2) is 8.42 Å². The minimum atomic E-state index is -3.74. The zero-order valence-electron chi connectivity index (χ0n) is 13.3. The third-order valence-electron chi connectivity index (χ3n) is 3.70. The van der Waals surface area contributed by atoms with Crippen LogP contribution in [0.5, 0.6) is 0 Å². The van der Waals surface area contributed by atoms with Crippen molar-refractivity contribution in [2.75, 3.05) is 33.2 Å². The van der Waals surface area contributed by atoms with Gasteiger partial charge in [-0.2, -0.15) is 4.31 Å². The van der Waals surface area contributed by atoms with E-state index in [2.05, 4.69) is 5.32 Å². The molecule has 0 bridgehead atoms. The highest BCUT2D eigenvalue weighted by molar-refractivity contribution is 7.91. The monoisotopic (exact) mass is 393 g/mol. The number of hydrogen-bond acceptors (Lipinski definition) is 5. The van der Waals surface area contributed by atoms with E-state index in [1.165, 1.54) is 19.2 Å². The zero-order valence-corrected chi connectivity index (χ0v) is 15.7. The van der Waals surface area contributed by atoms with Crippen LogP contribution in [0.4, 0.5) is 0 Å². The molecule has 2 heterocycles. The summed E-state index contributed by atoms with van der Waals surface area (Å²) in [6.07, 6.45) is 2.27. The number of nitrogens with one attached hydrogen (secondary N) is 1. The fraction of sp³-hybridized carbons (Fsp3) is 0.571. The first kappa shape index (κ1) is 19.2. The van der Waals surface area contributed by atoms with Gasteiger partial charge in [-0.3, -0.25) is 9.59 Å². The Morgan fingerprint density at radius 3 is 2.58 bits per heavy atom. The van der Waals surface area contributed by atoms with Crippen molar-refractivity contribution in [1.29, 1.82) is 0 Å². The molecule has 0 radical (unpaired) electrons. The molecule has 1 aliphatic heterocycles. The predicted molar refractivity (Wildman–Crippen MR) is 92.6 cm³/mol. The summed E-state index contributed by atoms with van der Waals surface area (Å²) in [6, 6.07) is 2.91. The third kappa shape index (κ3) is 4.92. The second-order valence-electron chi connectivity index (χ2n) is 5.51. The van der Waals surface area contributed by atoms with Crippen LogP contribution in [0, 0.1) is 0 Å². The highest BCUT2D eigenvalue weighted by Crippen LogP contribution is 2.27. The fourth-order valence-corrected chi connectivity index (χ4v) is 5.19. The summed E-state index contributed by atoms with van der Waals surface area (Å²) in [5.74, 6) is -0.431. The summed E-state index contributed by atoms with van der Waals surface area (Å²) in [5, 5.41) is 2.58. The number of carbonyl (C=O) groups excluding carboxylic acids is 2. The van der Waals surface area contributed by atoms with E-state index in [-0.39, 0.29) is 29.6 Å². The lowest BCUT2D eigenvalue weighted by Crippen LogP contribution is -2.39. The zero-order chi connectivity index (χ0) is 17.7. The molecule has 0 saturated carbocycles. The normalized spacial score (nSPS) is 15.0. The topological polar surface area (TPSA) is 86.8 Å². The predicted octanol–water partition coefficient (Wildman–Crippen LogP) is 1.15. The highest BCUT2D eigenvalue weighted by Gasteiger charge is 2.25. The lowest BCUT2D eigenvalue weighted by Gasteiger charge is -2.17. The lowest BCUT2D eigenvalue weighted by molar-refractivity contribution is -0.130. The summed E-state index contributed by atoms with van der Waals surface area (Å²) in [5.41, 5.74) is 0. The van der Waals surface area contributed by atoms with Crippen LogP contribution in [-0.2, 0) is 19.6 Å². The van der Waals surface area contributed by atoms with Crippen molar-refractivity contribution >= 4 is 44.8 Å². The number of rotatable bonds is 7. The molecule has 2 rings (SSSR count). The Labute approximate surface area is 150 Å². The number of halogens is 1. The van der Waals surface area contributed by atoms with Gasteiger partial charge >= 0.3 is 0 Å². The quantitative estimate of drug-likeness (QED) is 0.752. The Morgan fingerprint density at radius 2 is 2.00 bits per heavy atom. The molecule has 0 aliphatic carbocycles. The maximum absolute atomic E-state index is 12.3. The first-order valence-corrected chi connectivity index (χ1v) is 10.2. The molecule has 2 amide bonds. The van der Waals surface area contributed by atoms with Crippen LogP contribution in [0.25, 0.3) is 0 Å². The summed E-state index contributed by atoms with van der Waals surface area (Å²) in [6.45, 7) is 1.44. The van der Waals surface area contributed by atoms with Crippen molar-refractivity contribution in [2.45, 2.75) is 23.5 Å². The number of carbonyl (C=O) groups is 2. The van der Waals surface area contributed by atoms with Crippen molar-refractivity contribution in [2.24, 2.45) is 0 Å². The molecule has 1 aromatic rings. The van der Waals surface area contributed by atoms with Gasteiger partial charge < -0.3 is 10.2 Å². The summed E-state index contributed by atoms with van der Waals surface area (Å²) >= 11 is 6.69. The molecule has 0 atom stereocenters. The van der Waals surface area contributed by atoms with Crippen LogP contribution in [-0.4, -0.2) is 62.7 Å². The van der Waals surface area contributed by atoms with E-state index in [4.69, 9.17) is 11.6 Å². The van der Waals surface area contributed by atoms with E-state index in [1.807, 2.05) is 0 Å². The summed E-state index contributed by atoms with van der Waals surface area (Å²) in [7, 11) is -2.40. The summed E-state index contributed by atoms with van der Waals surface area (Å²) in [4.78, 5) is 25.5. The van der Waals surface area contributed by atoms with Gasteiger partial charge in [-0.15, -0.1) is 11.3 Å². The van der Waals surface area contributed by atoms with E-state index < -0.39 is 15.9 Å². The molecule has 1 saturated heterocycles. The fourth-order valence-electron chi connectivity index (χ4n) is 2.37. The smallest absolute Gasteiger partial charge is 0.252 e. The van der Waals surface area contributed by atoms with Gasteiger partial charge in [0.15, 0.2) is 0 Å². The van der Waals surface area contributed by atoms with Gasteiger partial charge in [0.05, 0.1) is 10.9 Å². The Hall–Kier alpha value is -1.16. The molecule has 1 N–H and O–H groups in total. The number of likely N-dealkylation sites (N-methyl/N-ethyl adjacent to an activating group) is 1. The third-order valence-corrected chi connectivity index (χ3v) is 7.20. The number of likely N-dealkylation sites (tertiary alicyclic amines) is 1. The number of sulfonamides is 1. The molecule has 24 heavy (non-hydrogen) atoms. The minimum Gasteiger partial charge on any atom is -0.354 e. The van der Waals surface area contributed by atoms with Crippen molar-refractivity contribution in [3.8, 4) is 0 Å². The number of amides is 2. The minimum absolute atomic E-state index is 0.0157. The van der Waals surface area contributed by atoms with Gasteiger partial charge in [0.1, 0.15) is 4.21 Å². The van der Waals surface area contributed by atoms with Crippen molar-refractivity contribution in [3.63, 3.8) is 0 Å². The molecule has 7 nitrogen and oxygen atoms in total. The molecule has 0 spiro atoms. The molecule has 134 valence electrons. The molecule has 0 unspecified atom stereocenters. The van der Waals surface area contributed by atoms with E-state index in [1.54, 1.807) is 4.90 Å². The van der Waals surface area contributed by atoms with E-state index in [0.717, 1.165) is 41.6 Å². The van der Waals surface area contributed by atoms with Crippen LogP contribution in [0.15, 0.2) is 16.3 Å². The molecular formula is C14H20ClN3O4S2. The highest BCUT2D eigenvalue weighted by atomic mass is 35.5. The first-order valence-electron chi connectivity index (χ1n) is 7.57. The second-order valence-corrected chi connectivity index (χ2v) is 9.49. The van der Waals surface area contributed by atoms with Gasteiger partial charge in [0, 0.05) is 33.1 Å².